The van der Waals surface area contributed by atoms with E-state index in [4.69, 9.17) is 9.47 Å². The van der Waals surface area contributed by atoms with Crippen LogP contribution in [-0.2, 0) is 11.3 Å². The number of nitrogens with one attached hydrogen (secondary N) is 3. The van der Waals surface area contributed by atoms with Gasteiger partial charge in [-0.3, -0.25) is 19.5 Å². The summed E-state index contributed by atoms with van der Waals surface area (Å²) in [5.41, 5.74) is 0.233. The first-order valence-electron chi connectivity index (χ1n) is 14.4. The molecular formula is C30H34N8O6. The number of methoxy groups -OCH3 is 2. The van der Waals surface area contributed by atoms with Gasteiger partial charge in [-0.25, -0.2) is 14.9 Å². The third-order valence-corrected chi connectivity index (χ3v) is 8.45. The first kappa shape index (κ1) is 29.4. The van der Waals surface area contributed by atoms with Crippen LogP contribution in [0.5, 0.6) is 11.5 Å². The van der Waals surface area contributed by atoms with Gasteiger partial charge in [-0.1, -0.05) is 12.0 Å². The molecule has 2 saturated heterocycles. The van der Waals surface area contributed by atoms with Crippen molar-refractivity contribution in [1.29, 1.82) is 0 Å². The molecule has 0 radical (unpaired) electrons. The average Bonchev–Trinajstić information content (AvgIpc) is 3.66. The molecule has 14 nitrogen and oxygen atoms in total. The second-order valence-electron chi connectivity index (χ2n) is 11.2. The first-order valence-corrected chi connectivity index (χ1v) is 14.4. The number of piperidine rings is 1. The first-order chi connectivity index (χ1) is 21.2. The lowest BCUT2D eigenvalue weighted by Crippen LogP contribution is -2.48. The third kappa shape index (κ3) is 5.41. The molecule has 4 N–H and O–H groups in total. The lowest BCUT2D eigenvalue weighted by atomic mass is 9.95. The smallest absolute Gasteiger partial charge is 0.343 e. The molecule has 3 aromatic rings. The van der Waals surface area contributed by atoms with Crippen LogP contribution in [-0.4, -0.2) is 99.3 Å². The van der Waals surface area contributed by atoms with E-state index >= 15 is 0 Å². The minimum atomic E-state index is -1.52. The molecule has 1 aromatic carbocycles. The molecule has 3 aliphatic heterocycles. The normalized spacial score (nSPS) is 22.0. The number of nitrogens with zero attached hydrogens (tertiary/aromatic N) is 5. The van der Waals surface area contributed by atoms with E-state index in [1.54, 1.807) is 40.8 Å². The van der Waals surface area contributed by atoms with Crippen LogP contribution in [0.2, 0.25) is 0 Å². The number of aromatic nitrogens is 4. The predicted molar refractivity (Wildman–Crippen MR) is 158 cm³/mol. The van der Waals surface area contributed by atoms with E-state index in [0.717, 1.165) is 31.5 Å². The van der Waals surface area contributed by atoms with Crippen molar-refractivity contribution in [1.82, 2.24) is 40.2 Å². The second kappa shape index (κ2) is 11.8. The van der Waals surface area contributed by atoms with Crippen molar-refractivity contribution in [2.24, 2.45) is 0 Å². The van der Waals surface area contributed by atoms with Gasteiger partial charge in [0.2, 0.25) is 0 Å². The molecule has 5 heterocycles. The van der Waals surface area contributed by atoms with Gasteiger partial charge >= 0.3 is 5.69 Å². The number of likely N-dealkylation sites (tertiary alicyclic amines) is 1. The minimum Gasteiger partial charge on any atom is -0.497 e. The van der Waals surface area contributed by atoms with Gasteiger partial charge in [0.25, 0.3) is 11.8 Å². The molecule has 0 aliphatic carbocycles. The summed E-state index contributed by atoms with van der Waals surface area (Å²) >= 11 is 0. The number of H-pyrrole nitrogens is 1. The van der Waals surface area contributed by atoms with Gasteiger partial charge in [0.1, 0.15) is 11.4 Å². The molecule has 44 heavy (non-hydrogen) atoms. The maximum absolute atomic E-state index is 13.1. The number of fused-ring (bicyclic) bond motifs is 1. The SMILES string of the molecule is COc1ccc2c(c1)C(=O)N(CC[C@@]1(C#Cc3nc(-c4n[nH]c(=O)n4C4CCN(C)CC4)ccc3OC)NC(O)NC1=O)C2. The van der Waals surface area contributed by atoms with Crippen LogP contribution in [0.15, 0.2) is 35.1 Å². The van der Waals surface area contributed by atoms with Crippen molar-refractivity contribution < 1.29 is 24.2 Å². The Hall–Kier alpha value is -4.71. The number of benzene rings is 1. The third-order valence-electron chi connectivity index (χ3n) is 8.45. The van der Waals surface area contributed by atoms with E-state index in [1.807, 2.05) is 6.07 Å². The van der Waals surface area contributed by atoms with E-state index in [-0.39, 0.29) is 36.3 Å². The topological polar surface area (TPSA) is 167 Å². The second-order valence-corrected chi connectivity index (χ2v) is 11.2. The van der Waals surface area contributed by atoms with Gasteiger partial charge in [-0.2, -0.15) is 5.10 Å². The maximum atomic E-state index is 13.1. The Morgan fingerprint density at radius 3 is 2.61 bits per heavy atom. The summed E-state index contributed by atoms with van der Waals surface area (Å²) in [5.74, 6) is 6.58. The molecule has 0 saturated carbocycles. The minimum absolute atomic E-state index is 0.0254. The largest absolute Gasteiger partial charge is 0.497 e. The Morgan fingerprint density at radius 1 is 1.11 bits per heavy atom. The lowest BCUT2D eigenvalue weighted by molar-refractivity contribution is -0.123. The number of aromatic amines is 1. The molecule has 14 heteroatoms. The highest BCUT2D eigenvalue weighted by Gasteiger charge is 2.45. The van der Waals surface area contributed by atoms with Crippen LogP contribution in [0.25, 0.3) is 11.5 Å². The summed E-state index contributed by atoms with van der Waals surface area (Å²) in [5, 5.41) is 22.4. The summed E-state index contributed by atoms with van der Waals surface area (Å²) in [6.07, 6.45) is 0.378. The summed E-state index contributed by atoms with van der Waals surface area (Å²) in [6.45, 7) is 2.30. The van der Waals surface area contributed by atoms with Crippen LogP contribution in [0.4, 0.5) is 0 Å². The van der Waals surface area contributed by atoms with Crippen LogP contribution < -0.4 is 25.8 Å². The fourth-order valence-corrected chi connectivity index (χ4v) is 5.94. The highest BCUT2D eigenvalue weighted by Crippen LogP contribution is 2.29. The van der Waals surface area contributed by atoms with Crippen molar-refractivity contribution in [3.05, 3.63) is 57.6 Å². The number of carbonyl (C=O) groups excluding carboxylic acids is 2. The van der Waals surface area contributed by atoms with Crippen LogP contribution in [0, 0.1) is 11.8 Å². The van der Waals surface area contributed by atoms with Gasteiger partial charge in [0.05, 0.1) is 14.2 Å². The van der Waals surface area contributed by atoms with E-state index in [0.29, 0.717) is 35.1 Å². The van der Waals surface area contributed by atoms with Crippen LogP contribution in [0.1, 0.15) is 46.9 Å². The molecule has 2 aromatic heterocycles. The summed E-state index contributed by atoms with van der Waals surface area (Å²) < 4.78 is 12.4. The Morgan fingerprint density at radius 2 is 1.91 bits per heavy atom. The van der Waals surface area contributed by atoms with Gasteiger partial charge in [0, 0.05) is 31.1 Å². The zero-order chi connectivity index (χ0) is 31.0. The highest BCUT2D eigenvalue weighted by molar-refractivity contribution is 5.99. The Labute approximate surface area is 253 Å². The molecule has 3 aliphatic rings. The molecule has 2 amide bonds. The summed E-state index contributed by atoms with van der Waals surface area (Å²) in [4.78, 5) is 47.5. The molecule has 1 unspecified atom stereocenters. The average molecular weight is 603 g/mol. The number of carbonyl (C=O) groups is 2. The number of pyridine rings is 1. The van der Waals surface area contributed by atoms with Crippen molar-refractivity contribution in [3.8, 4) is 34.9 Å². The van der Waals surface area contributed by atoms with E-state index in [2.05, 4.69) is 49.6 Å². The number of hydrogen-bond acceptors (Lipinski definition) is 10. The number of aliphatic hydroxyl groups excluding tert-OH is 1. The van der Waals surface area contributed by atoms with Crippen LogP contribution in [0.3, 0.4) is 0 Å². The fourth-order valence-electron chi connectivity index (χ4n) is 5.94. The number of aliphatic hydroxyl groups is 1. The number of ether oxygens (including phenoxy) is 2. The Bertz CT molecular complexity index is 1720. The van der Waals surface area contributed by atoms with Gasteiger partial charge < -0.3 is 29.7 Å². The van der Waals surface area contributed by atoms with Crippen molar-refractivity contribution in [3.63, 3.8) is 0 Å². The zero-order valence-electron chi connectivity index (χ0n) is 24.7. The standard InChI is InChI=1S/C30H34N8O6/c1-36-13-9-19(10-14-36)38-25(34-35-29(38)42)23-6-7-24(44-3)22(31-23)8-11-30(27(40)32-28(41)33-30)12-15-37-17-18-4-5-20(43-2)16-21(18)26(37)39/h4-7,16,19,28,33,41H,9-10,12-15,17H2,1-3H3,(H,32,40)(H,35,42)/t28?,30-/m1/s1. The van der Waals surface area contributed by atoms with Crippen molar-refractivity contribution in [2.75, 3.05) is 40.9 Å². The van der Waals surface area contributed by atoms with Crippen molar-refractivity contribution in [2.45, 2.75) is 43.7 Å². The van der Waals surface area contributed by atoms with Gasteiger partial charge in [-0.15, -0.1) is 0 Å². The predicted octanol–water partition coefficient (Wildman–Crippen LogP) is 0.0490. The molecule has 230 valence electrons. The quantitative estimate of drug-likeness (QED) is 0.271. The van der Waals surface area contributed by atoms with Gasteiger partial charge in [-0.05, 0) is 68.7 Å². The number of amides is 2. The number of hydrogen-bond donors (Lipinski definition) is 4. The molecule has 0 spiro atoms. The van der Waals surface area contributed by atoms with E-state index in [9.17, 15) is 19.5 Å². The molecule has 0 bridgehead atoms. The molecule has 6 rings (SSSR count). The lowest BCUT2D eigenvalue weighted by Gasteiger charge is -2.29. The van der Waals surface area contributed by atoms with Crippen molar-refractivity contribution >= 4 is 11.8 Å². The number of rotatable bonds is 7. The van der Waals surface area contributed by atoms with Gasteiger partial charge in [0.15, 0.2) is 29.2 Å². The molecule has 2 fully saturated rings. The monoisotopic (exact) mass is 602 g/mol. The summed E-state index contributed by atoms with van der Waals surface area (Å²) in [6, 6.07) is 8.72. The maximum Gasteiger partial charge on any atom is 0.343 e. The Balaban J connectivity index is 1.29. The molecular weight excluding hydrogens is 568 g/mol. The van der Waals surface area contributed by atoms with E-state index in [1.165, 1.54) is 7.11 Å². The van der Waals surface area contributed by atoms with E-state index < -0.39 is 17.8 Å². The fraction of sp³-hybridized carbons (Fsp3) is 0.433. The molecule has 2 atom stereocenters. The summed E-state index contributed by atoms with van der Waals surface area (Å²) in [7, 11) is 5.08. The Kier molecular flexibility index (Phi) is 7.85. The zero-order valence-corrected chi connectivity index (χ0v) is 24.7. The highest BCUT2D eigenvalue weighted by atomic mass is 16.5. The van der Waals surface area contributed by atoms with Crippen LogP contribution >= 0.6 is 0 Å².